The lowest BCUT2D eigenvalue weighted by Gasteiger charge is -2.35. The highest BCUT2D eigenvalue weighted by Crippen LogP contribution is 2.32. The van der Waals surface area contributed by atoms with E-state index in [4.69, 9.17) is 4.42 Å². The van der Waals surface area contributed by atoms with Crippen LogP contribution in [0.25, 0.3) is 21.7 Å². The second kappa shape index (κ2) is 7.58. The van der Waals surface area contributed by atoms with E-state index in [0.29, 0.717) is 24.4 Å². The summed E-state index contributed by atoms with van der Waals surface area (Å²) in [5, 5.41) is 3.12. The van der Waals surface area contributed by atoms with Gasteiger partial charge < -0.3 is 14.2 Å². The number of nitrogens with zero attached hydrogens (tertiary/aromatic N) is 2. The van der Waals surface area contributed by atoms with Crippen LogP contribution in [-0.2, 0) is 0 Å². The van der Waals surface area contributed by atoms with Crippen LogP contribution >= 0.6 is 0 Å². The largest absolute Gasteiger partial charge is 0.450 e. The zero-order valence-corrected chi connectivity index (χ0v) is 17.7. The molecule has 1 fully saturated rings. The summed E-state index contributed by atoms with van der Waals surface area (Å²) >= 11 is 0. The molecule has 0 N–H and O–H groups in total. The minimum atomic E-state index is -0.0515. The summed E-state index contributed by atoms with van der Waals surface area (Å²) in [5.74, 6) is 0.450. The Morgan fingerprint density at radius 3 is 2.26 bits per heavy atom. The van der Waals surface area contributed by atoms with Crippen LogP contribution in [0.1, 0.15) is 33.4 Å². The van der Waals surface area contributed by atoms with Gasteiger partial charge in [-0.3, -0.25) is 9.59 Å². The Balaban J connectivity index is 1.35. The zero-order valence-electron chi connectivity index (χ0n) is 17.7. The lowest BCUT2D eigenvalue weighted by atomic mass is 10.1. The average molecular weight is 412 g/mol. The molecule has 2 heterocycles. The van der Waals surface area contributed by atoms with Crippen molar-refractivity contribution < 1.29 is 14.0 Å². The number of fused-ring (bicyclic) bond motifs is 3. The molecule has 0 saturated carbocycles. The molecule has 0 atom stereocenters. The predicted molar refractivity (Wildman–Crippen MR) is 123 cm³/mol. The van der Waals surface area contributed by atoms with E-state index in [2.05, 4.69) is 17.0 Å². The van der Waals surface area contributed by atoms with Gasteiger partial charge in [0.25, 0.3) is 5.91 Å². The van der Waals surface area contributed by atoms with Crippen LogP contribution in [0, 0.1) is 6.92 Å². The van der Waals surface area contributed by atoms with E-state index in [1.54, 1.807) is 6.92 Å². The Morgan fingerprint density at radius 2 is 1.55 bits per heavy atom. The molecule has 156 valence electrons. The van der Waals surface area contributed by atoms with Gasteiger partial charge in [-0.05, 0) is 43.5 Å². The van der Waals surface area contributed by atoms with Crippen molar-refractivity contribution in [2.24, 2.45) is 0 Å². The van der Waals surface area contributed by atoms with Gasteiger partial charge in [-0.1, -0.05) is 36.4 Å². The van der Waals surface area contributed by atoms with Crippen molar-refractivity contribution in [3.63, 3.8) is 0 Å². The Bertz CT molecular complexity index is 1300. The maximum Gasteiger partial charge on any atom is 0.290 e. The number of rotatable bonds is 3. The van der Waals surface area contributed by atoms with E-state index in [1.807, 2.05) is 60.4 Å². The first-order valence-corrected chi connectivity index (χ1v) is 10.6. The van der Waals surface area contributed by atoms with Crippen LogP contribution in [0.5, 0.6) is 0 Å². The number of hydrogen-bond donors (Lipinski definition) is 0. The first kappa shape index (κ1) is 19.4. The summed E-state index contributed by atoms with van der Waals surface area (Å²) in [6.45, 7) is 6.28. The van der Waals surface area contributed by atoms with E-state index >= 15 is 0 Å². The first-order chi connectivity index (χ1) is 15.0. The van der Waals surface area contributed by atoms with E-state index < -0.39 is 0 Å². The lowest BCUT2D eigenvalue weighted by Crippen LogP contribution is -2.48. The molecule has 0 radical (unpaired) electrons. The third-order valence-electron chi connectivity index (χ3n) is 6.23. The molecule has 4 aromatic rings. The summed E-state index contributed by atoms with van der Waals surface area (Å²) in [5.41, 5.74) is 3.46. The van der Waals surface area contributed by atoms with Crippen molar-refractivity contribution in [1.29, 1.82) is 0 Å². The van der Waals surface area contributed by atoms with Crippen molar-refractivity contribution in [1.82, 2.24) is 4.90 Å². The average Bonchev–Trinajstić information content (AvgIpc) is 3.15. The number of anilines is 1. The van der Waals surface area contributed by atoms with E-state index in [-0.39, 0.29) is 11.7 Å². The summed E-state index contributed by atoms with van der Waals surface area (Å²) in [4.78, 5) is 28.9. The van der Waals surface area contributed by atoms with Crippen molar-refractivity contribution in [2.45, 2.75) is 13.8 Å². The third-order valence-corrected chi connectivity index (χ3v) is 6.23. The zero-order chi connectivity index (χ0) is 21.5. The molecular formula is C26H24N2O3. The molecule has 1 aliphatic rings. The molecule has 0 bridgehead atoms. The van der Waals surface area contributed by atoms with Crippen LogP contribution in [0.3, 0.4) is 0 Å². The number of carbonyl (C=O) groups is 2. The minimum absolute atomic E-state index is 0.0515. The number of furan rings is 1. The van der Waals surface area contributed by atoms with Crippen LogP contribution in [0.4, 0.5) is 5.69 Å². The molecule has 0 spiro atoms. The van der Waals surface area contributed by atoms with Gasteiger partial charge in [-0.2, -0.15) is 0 Å². The number of Topliss-reactive ketones (excluding diaryl/α,β-unsaturated/α-hetero) is 1. The number of aryl methyl sites for hydroxylation is 1. The van der Waals surface area contributed by atoms with E-state index in [9.17, 15) is 9.59 Å². The Morgan fingerprint density at radius 1 is 0.839 bits per heavy atom. The molecule has 5 heteroatoms. The van der Waals surface area contributed by atoms with Gasteiger partial charge in [-0.25, -0.2) is 0 Å². The molecule has 5 rings (SSSR count). The quantitative estimate of drug-likeness (QED) is 0.442. The Kier molecular flexibility index (Phi) is 4.74. The number of piperazine rings is 1. The molecule has 1 amide bonds. The predicted octanol–water partition coefficient (Wildman–Crippen LogP) is 5.06. The molecule has 1 aromatic heterocycles. The summed E-state index contributed by atoms with van der Waals surface area (Å²) < 4.78 is 6.14. The number of hydrogen-bond acceptors (Lipinski definition) is 4. The number of benzene rings is 3. The number of carbonyl (C=O) groups excluding carboxylic acids is 2. The normalized spacial score (nSPS) is 14.4. The second-order valence-corrected chi connectivity index (χ2v) is 8.10. The van der Waals surface area contributed by atoms with Crippen LogP contribution < -0.4 is 4.90 Å². The third kappa shape index (κ3) is 3.36. The maximum absolute atomic E-state index is 13.3. The Hall–Kier alpha value is -3.60. The van der Waals surface area contributed by atoms with E-state index in [0.717, 1.165) is 46.1 Å². The van der Waals surface area contributed by atoms with Gasteiger partial charge >= 0.3 is 0 Å². The van der Waals surface area contributed by atoms with Gasteiger partial charge in [0, 0.05) is 53.8 Å². The van der Waals surface area contributed by atoms with Crippen LogP contribution in [0.2, 0.25) is 0 Å². The molecule has 3 aromatic carbocycles. The number of ketones is 1. The van der Waals surface area contributed by atoms with Crippen LogP contribution in [0.15, 0.2) is 65.1 Å². The highest BCUT2D eigenvalue weighted by molar-refractivity contribution is 6.08. The van der Waals surface area contributed by atoms with Crippen molar-refractivity contribution >= 4 is 39.1 Å². The lowest BCUT2D eigenvalue weighted by molar-refractivity contribution is 0.0716. The molecule has 5 nitrogen and oxygen atoms in total. The fourth-order valence-electron chi connectivity index (χ4n) is 4.37. The van der Waals surface area contributed by atoms with Gasteiger partial charge in [0.2, 0.25) is 0 Å². The van der Waals surface area contributed by atoms with Crippen molar-refractivity contribution in [2.75, 3.05) is 31.1 Å². The minimum Gasteiger partial charge on any atom is -0.450 e. The van der Waals surface area contributed by atoms with Gasteiger partial charge in [0.05, 0.1) is 0 Å². The topological polar surface area (TPSA) is 53.8 Å². The molecule has 0 aliphatic carbocycles. The summed E-state index contributed by atoms with van der Waals surface area (Å²) in [6, 6.07) is 19.9. The highest BCUT2D eigenvalue weighted by Gasteiger charge is 2.27. The van der Waals surface area contributed by atoms with Crippen molar-refractivity contribution in [3.8, 4) is 0 Å². The maximum atomic E-state index is 13.3. The fraction of sp³-hybridized carbons (Fsp3) is 0.231. The smallest absolute Gasteiger partial charge is 0.290 e. The van der Waals surface area contributed by atoms with E-state index in [1.165, 1.54) is 0 Å². The summed E-state index contributed by atoms with van der Waals surface area (Å²) in [7, 11) is 0. The van der Waals surface area contributed by atoms with Crippen molar-refractivity contribution in [3.05, 3.63) is 77.6 Å². The van der Waals surface area contributed by atoms with Gasteiger partial charge in [-0.15, -0.1) is 0 Å². The second-order valence-electron chi connectivity index (χ2n) is 8.10. The van der Waals surface area contributed by atoms with Gasteiger partial charge in [0.15, 0.2) is 11.5 Å². The molecule has 1 aliphatic heterocycles. The Labute approximate surface area is 180 Å². The molecule has 31 heavy (non-hydrogen) atoms. The number of amides is 1. The SMILES string of the molecule is CC(=O)c1ccc(N2CCN(C(=O)c3oc4c(ccc5ccccc54)c3C)CC2)cc1. The fourth-order valence-corrected chi connectivity index (χ4v) is 4.37. The molecular weight excluding hydrogens is 388 g/mol. The molecule has 0 unspecified atom stereocenters. The standard InChI is InChI=1S/C26H24N2O3/c1-17-22-12-9-20-5-3-4-6-23(20)25(22)31-24(17)26(30)28-15-13-27(14-16-28)21-10-7-19(8-11-21)18(2)29/h3-12H,13-16H2,1-2H3. The van der Waals surface area contributed by atoms with Crippen LogP contribution in [-0.4, -0.2) is 42.8 Å². The summed E-state index contributed by atoms with van der Waals surface area (Å²) in [6.07, 6.45) is 0. The molecule has 1 saturated heterocycles. The highest BCUT2D eigenvalue weighted by atomic mass is 16.3. The monoisotopic (exact) mass is 412 g/mol. The first-order valence-electron chi connectivity index (χ1n) is 10.6. The van der Waals surface area contributed by atoms with Gasteiger partial charge in [0.1, 0.15) is 5.58 Å².